The molecule has 1 aliphatic rings. The number of carbonyl (C=O) groups is 1. The van der Waals surface area contributed by atoms with Gasteiger partial charge in [-0.15, -0.1) is 0 Å². The van der Waals surface area contributed by atoms with Gasteiger partial charge in [0, 0.05) is 27.7 Å². The fourth-order valence-electron chi connectivity index (χ4n) is 4.63. The molecule has 0 saturated carbocycles. The molecular weight excluding hydrogens is 404 g/mol. The second kappa shape index (κ2) is 7.73. The Morgan fingerprint density at radius 2 is 1.66 bits per heavy atom. The van der Waals surface area contributed by atoms with Crippen LogP contribution < -0.4 is 14.4 Å². The number of H-pyrrole nitrogens is 1. The van der Waals surface area contributed by atoms with E-state index < -0.39 is 5.60 Å². The van der Waals surface area contributed by atoms with Crippen molar-refractivity contribution in [3.05, 3.63) is 89.6 Å². The summed E-state index contributed by atoms with van der Waals surface area (Å²) in [6.45, 7) is 2.43. The topological polar surface area (TPSA) is 74.8 Å². The highest BCUT2D eigenvalue weighted by Crippen LogP contribution is 2.47. The summed E-state index contributed by atoms with van der Waals surface area (Å²) < 4.78 is 11.2. The summed E-state index contributed by atoms with van der Waals surface area (Å²) in [6.07, 6.45) is 0. The first-order valence-corrected chi connectivity index (χ1v) is 10.5. The highest BCUT2D eigenvalue weighted by Gasteiger charge is 2.52. The van der Waals surface area contributed by atoms with Crippen LogP contribution in [0.3, 0.4) is 0 Å². The number of methoxy groups -OCH3 is 1. The van der Waals surface area contributed by atoms with Crippen LogP contribution in [0.5, 0.6) is 11.5 Å². The molecule has 0 spiro atoms. The first kappa shape index (κ1) is 20.2. The maximum atomic E-state index is 13.7. The van der Waals surface area contributed by atoms with Gasteiger partial charge < -0.3 is 24.5 Å². The minimum Gasteiger partial charge on any atom is -0.493 e. The number of carbonyl (C=O) groups excluding carboxylic acids is 1. The van der Waals surface area contributed by atoms with E-state index in [4.69, 9.17) is 9.47 Å². The lowest BCUT2D eigenvalue weighted by Crippen LogP contribution is -2.43. The molecule has 0 fully saturated rings. The van der Waals surface area contributed by atoms with E-state index in [-0.39, 0.29) is 19.1 Å². The lowest BCUT2D eigenvalue weighted by Gasteiger charge is -2.24. The predicted molar refractivity (Wildman–Crippen MR) is 123 cm³/mol. The second-order valence-electron chi connectivity index (χ2n) is 7.85. The van der Waals surface area contributed by atoms with Crippen LogP contribution in [0.1, 0.15) is 16.8 Å². The van der Waals surface area contributed by atoms with Crippen molar-refractivity contribution >= 4 is 22.5 Å². The SMILES string of the molecule is COc1ccccc1OCCN1C(=O)C(O)(c2c(C)[nH]c3ccccc23)c2ccccc21. The molecule has 6 heteroatoms. The van der Waals surface area contributed by atoms with Crippen LogP contribution >= 0.6 is 0 Å². The maximum absolute atomic E-state index is 13.7. The predicted octanol–water partition coefficient (Wildman–Crippen LogP) is 4.15. The zero-order valence-corrected chi connectivity index (χ0v) is 18.0. The number of hydrogen-bond donors (Lipinski definition) is 2. The van der Waals surface area contributed by atoms with E-state index in [1.165, 1.54) is 0 Å². The Balaban J connectivity index is 1.50. The van der Waals surface area contributed by atoms with E-state index >= 15 is 0 Å². The smallest absolute Gasteiger partial charge is 0.268 e. The van der Waals surface area contributed by atoms with Crippen molar-refractivity contribution in [2.45, 2.75) is 12.5 Å². The van der Waals surface area contributed by atoms with E-state index in [9.17, 15) is 9.90 Å². The largest absolute Gasteiger partial charge is 0.493 e. The number of anilines is 1. The average Bonchev–Trinajstić information content (AvgIpc) is 3.27. The van der Waals surface area contributed by atoms with Crippen LogP contribution in [0.25, 0.3) is 10.9 Å². The van der Waals surface area contributed by atoms with Gasteiger partial charge in [0.15, 0.2) is 17.1 Å². The molecule has 1 atom stereocenters. The number of benzene rings is 3. The van der Waals surface area contributed by atoms with Crippen LogP contribution in [0.15, 0.2) is 72.8 Å². The fraction of sp³-hybridized carbons (Fsp3) is 0.192. The second-order valence-corrected chi connectivity index (χ2v) is 7.85. The quantitative estimate of drug-likeness (QED) is 0.484. The Hall–Kier alpha value is -3.77. The summed E-state index contributed by atoms with van der Waals surface area (Å²) >= 11 is 0. The van der Waals surface area contributed by atoms with Crippen molar-refractivity contribution in [3.63, 3.8) is 0 Å². The first-order chi connectivity index (χ1) is 15.6. The number of ether oxygens (including phenoxy) is 2. The van der Waals surface area contributed by atoms with Gasteiger partial charge in [-0.2, -0.15) is 0 Å². The third kappa shape index (κ3) is 2.95. The molecule has 0 aliphatic carbocycles. The van der Waals surface area contributed by atoms with E-state index in [0.717, 1.165) is 16.6 Å². The highest BCUT2D eigenvalue weighted by atomic mass is 16.5. The molecule has 1 amide bonds. The normalized spacial score (nSPS) is 17.6. The summed E-state index contributed by atoms with van der Waals surface area (Å²) in [5.74, 6) is 0.861. The number of aromatic amines is 1. The van der Waals surface area contributed by atoms with Crippen LogP contribution in [-0.2, 0) is 10.4 Å². The summed E-state index contributed by atoms with van der Waals surface area (Å²) in [4.78, 5) is 18.6. The van der Waals surface area contributed by atoms with Crippen molar-refractivity contribution in [2.75, 3.05) is 25.2 Å². The van der Waals surface area contributed by atoms with Crippen molar-refractivity contribution in [3.8, 4) is 11.5 Å². The van der Waals surface area contributed by atoms with Gasteiger partial charge in [-0.1, -0.05) is 48.5 Å². The molecule has 0 saturated heterocycles. The molecule has 5 rings (SSSR count). The molecule has 1 aliphatic heterocycles. The summed E-state index contributed by atoms with van der Waals surface area (Å²) in [5.41, 5.74) is 1.74. The number of nitrogens with zero attached hydrogens (tertiary/aromatic N) is 1. The van der Waals surface area contributed by atoms with E-state index in [0.29, 0.717) is 28.3 Å². The van der Waals surface area contributed by atoms with Gasteiger partial charge in [-0.3, -0.25) is 4.79 Å². The molecule has 1 aromatic heterocycles. The number of hydrogen-bond acceptors (Lipinski definition) is 4. The molecule has 1 unspecified atom stereocenters. The van der Waals surface area contributed by atoms with Crippen molar-refractivity contribution in [1.82, 2.24) is 4.98 Å². The molecule has 0 bridgehead atoms. The molecule has 0 radical (unpaired) electrons. The number of nitrogens with one attached hydrogen (secondary N) is 1. The first-order valence-electron chi connectivity index (χ1n) is 10.5. The number of fused-ring (bicyclic) bond motifs is 2. The molecule has 6 nitrogen and oxygen atoms in total. The minimum absolute atomic E-state index is 0.253. The van der Waals surface area contributed by atoms with Crippen LogP contribution in [0, 0.1) is 6.92 Å². The standard InChI is InChI=1S/C26H24N2O4/c1-17-24(18-9-3-5-11-20(18)27-17)26(30)19-10-4-6-12-21(19)28(25(26)29)15-16-32-23-14-8-7-13-22(23)31-2/h3-14,27,30H,15-16H2,1-2H3. The average molecular weight is 428 g/mol. The van der Waals surface area contributed by atoms with Crippen LogP contribution in [0.4, 0.5) is 5.69 Å². The number of aryl methyl sites for hydroxylation is 1. The van der Waals surface area contributed by atoms with Gasteiger partial charge in [0.2, 0.25) is 0 Å². The summed E-state index contributed by atoms with van der Waals surface area (Å²) in [5, 5.41) is 12.8. The van der Waals surface area contributed by atoms with Gasteiger partial charge in [0.25, 0.3) is 5.91 Å². The van der Waals surface area contributed by atoms with Gasteiger partial charge in [0.1, 0.15) is 6.61 Å². The number of rotatable bonds is 6. The van der Waals surface area contributed by atoms with Gasteiger partial charge in [0.05, 0.1) is 19.3 Å². The van der Waals surface area contributed by atoms with Gasteiger partial charge in [-0.25, -0.2) is 0 Å². The minimum atomic E-state index is -1.77. The summed E-state index contributed by atoms with van der Waals surface area (Å²) in [6, 6.07) is 22.5. The molecule has 3 aromatic carbocycles. The third-order valence-corrected chi connectivity index (χ3v) is 6.04. The number of amides is 1. The Labute approximate surface area is 186 Å². The Kier molecular flexibility index (Phi) is 4.87. The molecule has 2 heterocycles. The van der Waals surface area contributed by atoms with Crippen LogP contribution in [-0.4, -0.2) is 36.3 Å². The Morgan fingerprint density at radius 1 is 0.969 bits per heavy atom. The molecular formula is C26H24N2O4. The zero-order valence-electron chi connectivity index (χ0n) is 18.0. The zero-order chi connectivity index (χ0) is 22.3. The number of aliphatic hydroxyl groups is 1. The van der Waals surface area contributed by atoms with Gasteiger partial charge >= 0.3 is 0 Å². The van der Waals surface area contributed by atoms with E-state index in [1.54, 1.807) is 12.0 Å². The Morgan fingerprint density at radius 3 is 2.47 bits per heavy atom. The lowest BCUT2D eigenvalue weighted by atomic mass is 9.85. The fourth-order valence-corrected chi connectivity index (χ4v) is 4.63. The van der Waals surface area contributed by atoms with Gasteiger partial charge in [-0.05, 0) is 31.2 Å². The monoisotopic (exact) mass is 428 g/mol. The Bertz CT molecular complexity index is 1310. The highest BCUT2D eigenvalue weighted by molar-refractivity contribution is 6.11. The number of aromatic nitrogens is 1. The van der Waals surface area contributed by atoms with E-state index in [2.05, 4.69) is 4.98 Å². The van der Waals surface area contributed by atoms with E-state index in [1.807, 2.05) is 79.7 Å². The van der Waals surface area contributed by atoms with Crippen LogP contribution in [0.2, 0.25) is 0 Å². The summed E-state index contributed by atoms with van der Waals surface area (Å²) in [7, 11) is 1.59. The molecule has 4 aromatic rings. The maximum Gasteiger partial charge on any atom is 0.268 e. The van der Waals surface area contributed by atoms with Crippen molar-refractivity contribution < 1.29 is 19.4 Å². The van der Waals surface area contributed by atoms with Crippen molar-refractivity contribution in [1.29, 1.82) is 0 Å². The molecule has 2 N–H and O–H groups in total. The third-order valence-electron chi connectivity index (χ3n) is 6.04. The lowest BCUT2D eigenvalue weighted by molar-refractivity contribution is -0.132. The molecule has 32 heavy (non-hydrogen) atoms. The number of para-hydroxylation sites is 4. The van der Waals surface area contributed by atoms with Crippen molar-refractivity contribution in [2.24, 2.45) is 0 Å². The molecule has 162 valence electrons.